The SMILES string of the molecule is O=C[C@H](O)[C@@H](O)[C@@H](O)CO.O=C[C@H](O)[C@@H](O)[C@H](O)[C@H](O)C(=O)O. The van der Waals surface area contributed by atoms with E-state index in [9.17, 15) is 14.4 Å². The van der Waals surface area contributed by atoms with Gasteiger partial charge in [0.2, 0.25) is 0 Å². The zero-order chi connectivity index (χ0) is 18.7. The van der Waals surface area contributed by atoms with Crippen molar-refractivity contribution >= 4 is 18.5 Å². The molecule has 0 heterocycles. The van der Waals surface area contributed by atoms with E-state index in [4.69, 9.17) is 46.0 Å². The van der Waals surface area contributed by atoms with Gasteiger partial charge in [0, 0.05) is 0 Å². The fraction of sp³-hybridized carbons (Fsp3) is 0.727. The summed E-state index contributed by atoms with van der Waals surface area (Å²) in [5.41, 5.74) is 0. The molecule has 12 heteroatoms. The molecule has 12 nitrogen and oxygen atoms in total. The van der Waals surface area contributed by atoms with Gasteiger partial charge in [-0.2, -0.15) is 0 Å². The average molecular weight is 344 g/mol. The van der Waals surface area contributed by atoms with Gasteiger partial charge in [-0.15, -0.1) is 0 Å². The maximum absolute atomic E-state index is 10.1. The smallest absolute Gasteiger partial charge is 0.335 e. The first kappa shape index (κ1) is 23.8. The van der Waals surface area contributed by atoms with Crippen LogP contribution in [0, 0.1) is 0 Å². The van der Waals surface area contributed by atoms with Gasteiger partial charge in [-0.1, -0.05) is 0 Å². The Morgan fingerprint density at radius 3 is 1.48 bits per heavy atom. The number of aliphatic hydroxyl groups excluding tert-OH is 8. The molecule has 9 N–H and O–H groups in total. The molecule has 0 unspecified atom stereocenters. The molecule has 23 heavy (non-hydrogen) atoms. The Morgan fingerprint density at radius 2 is 1.17 bits per heavy atom. The zero-order valence-electron chi connectivity index (χ0n) is 11.7. The predicted octanol–water partition coefficient (Wildman–Crippen LogP) is -6.03. The summed E-state index contributed by atoms with van der Waals surface area (Å²) >= 11 is 0. The Hall–Kier alpha value is -1.51. The number of aldehydes is 2. The van der Waals surface area contributed by atoms with Crippen LogP contribution in [0.25, 0.3) is 0 Å². The molecule has 0 saturated carbocycles. The molecule has 0 aromatic rings. The summed E-state index contributed by atoms with van der Waals surface area (Å²) in [6.45, 7) is -0.688. The third kappa shape index (κ3) is 8.63. The Kier molecular flexibility index (Phi) is 12.4. The summed E-state index contributed by atoms with van der Waals surface area (Å²) in [5, 5.41) is 77.2. The highest BCUT2D eigenvalue weighted by Crippen LogP contribution is 2.03. The summed E-state index contributed by atoms with van der Waals surface area (Å²) in [6.07, 6.45) is -13.0. The van der Waals surface area contributed by atoms with E-state index >= 15 is 0 Å². The molecule has 0 amide bonds. The second-order valence-corrected chi connectivity index (χ2v) is 4.26. The molecule has 0 radical (unpaired) electrons. The number of rotatable bonds is 9. The first-order valence-corrected chi connectivity index (χ1v) is 6.05. The van der Waals surface area contributed by atoms with Gasteiger partial charge >= 0.3 is 5.97 Å². The number of aliphatic carboxylic acids is 1. The van der Waals surface area contributed by atoms with E-state index in [1.807, 2.05) is 0 Å². The van der Waals surface area contributed by atoms with Crippen LogP contribution in [-0.2, 0) is 14.4 Å². The topological polar surface area (TPSA) is 233 Å². The fourth-order valence-electron chi connectivity index (χ4n) is 1.03. The van der Waals surface area contributed by atoms with Crippen LogP contribution in [0.3, 0.4) is 0 Å². The van der Waals surface area contributed by atoms with Crippen molar-refractivity contribution in [3.05, 3.63) is 0 Å². The average Bonchev–Trinajstić information content (AvgIpc) is 2.56. The minimum absolute atomic E-state index is 0.0809. The van der Waals surface area contributed by atoms with Crippen molar-refractivity contribution in [1.82, 2.24) is 0 Å². The van der Waals surface area contributed by atoms with Gasteiger partial charge in [0.15, 0.2) is 18.7 Å². The van der Waals surface area contributed by atoms with Gasteiger partial charge in [-0.05, 0) is 0 Å². The molecule has 0 bridgehead atoms. The lowest BCUT2D eigenvalue weighted by Gasteiger charge is -2.21. The maximum Gasteiger partial charge on any atom is 0.335 e. The molecule has 0 aliphatic carbocycles. The van der Waals surface area contributed by atoms with Gasteiger partial charge in [-0.25, -0.2) is 4.79 Å². The van der Waals surface area contributed by atoms with Crippen molar-refractivity contribution in [2.24, 2.45) is 0 Å². The Morgan fingerprint density at radius 1 is 0.783 bits per heavy atom. The van der Waals surface area contributed by atoms with E-state index in [0.717, 1.165) is 0 Å². The molecule has 0 aromatic heterocycles. The Labute approximate surface area is 129 Å². The molecule has 0 rings (SSSR count). The largest absolute Gasteiger partial charge is 0.479 e. The van der Waals surface area contributed by atoms with Gasteiger partial charge < -0.3 is 55.5 Å². The molecule has 0 fully saturated rings. The van der Waals surface area contributed by atoms with Crippen LogP contribution >= 0.6 is 0 Å². The van der Waals surface area contributed by atoms with E-state index in [1.165, 1.54) is 0 Å². The number of carboxylic acids is 1. The second-order valence-electron chi connectivity index (χ2n) is 4.26. The van der Waals surface area contributed by atoms with Crippen LogP contribution in [0.4, 0.5) is 0 Å². The van der Waals surface area contributed by atoms with Crippen molar-refractivity contribution < 1.29 is 60.3 Å². The lowest BCUT2D eigenvalue weighted by molar-refractivity contribution is -0.163. The molecule has 136 valence electrons. The number of hydrogen-bond acceptors (Lipinski definition) is 11. The number of carbonyl (C=O) groups excluding carboxylic acids is 2. The van der Waals surface area contributed by atoms with Gasteiger partial charge in [-0.3, -0.25) is 0 Å². The quantitative estimate of drug-likeness (QED) is 0.178. The van der Waals surface area contributed by atoms with E-state index in [1.54, 1.807) is 0 Å². The number of carbonyl (C=O) groups is 3. The van der Waals surface area contributed by atoms with Crippen LogP contribution in [0.5, 0.6) is 0 Å². The van der Waals surface area contributed by atoms with Gasteiger partial charge in [0.05, 0.1) is 6.61 Å². The first-order valence-electron chi connectivity index (χ1n) is 6.05. The third-order valence-electron chi connectivity index (χ3n) is 2.49. The fourth-order valence-corrected chi connectivity index (χ4v) is 1.03. The summed E-state index contributed by atoms with van der Waals surface area (Å²) in [6, 6.07) is 0. The third-order valence-corrected chi connectivity index (χ3v) is 2.49. The Balaban J connectivity index is 0. The van der Waals surface area contributed by atoms with Crippen LogP contribution in [-0.4, -0.2) is 114 Å². The zero-order valence-corrected chi connectivity index (χ0v) is 11.7. The molecular weight excluding hydrogens is 324 g/mol. The standard InChI is InChI=1S/C6H10O7.C5H10O5/c7-1-2(8)3(9)4(10)5(11)6(12)13;6-1-3(8)5(10)4(9)2-7/h1-5,8-11H,(H,12,13);1,3-5,7-10H,2H2/t2-,3+,4-,5-;3-,4-,5+/m00/s1. The minimum Gasteiger partial charge on any atom is -0.479 e. The van der Waals surface area contributed by atoms with E-state index in [2.05, 4.69) is 0 Å². The monoisotopic (exact) mass is 344 g/mol. The van der Waals surface area contributed by atoms with E-state index in [-0.39, 0.29) is 12.6 Å². The normalized spacial score (nSPS) is 19.8. The highest BCUT2D eigenvalue weighted by Gasteiger charge is 2.34. The van der Waals surface area contributed by atoms with Crippen molar-refractivity contribution in [1.29, 1.82) is 0 Å². The van der Waals surface area contributed by atoms with E-state index in [0.29, 0.717) is 0 Å². The summed E-state index contributed by atoms with van der Waals surface area (Å²) in [7, 11) is 0. The molecule has 0 aliphatic heterocycles. The highest BCUT2D eigenvalue weighted by atomic mass is 16.4. The molecule has 0 aromatic carbocycles. The predicted molar refractivity (Wildman–Crippen MR) is 68.9 cm³/mol. The first-order chi connectivity index (χ1) is 10.5. The maximum atomic E-state index is 10.1. The Bertz CT molecular complexity index is 361. The van der Waals surface area contributed by atoms with Crippen LogP contribution in [0.1, 0.15) is 0 Å². The molecule has 7 atom stereocenters. The molecule has 0 spiro atoms. The second kappa shape index (κ2) is 12.0. The van der Waals surface area contributed by atoms with Crippen LogP contribution < -0.4 is 0 Å². The summed E-state index contributed by atoms with van der Waals surface area (Å²) in [4.78, 5) is 29.7. The lowest BCUT2D eigenvalue weighted by atomic mass is 10.0. The van der Waals surface area contributed by atoms with Gasteiger partial charge in [0.25, 0.3) is 0 Å². The van der Waals surface area contributed by atoms with Crippen molar-refractivity contribution in [2.75, 3.05) is 6.61 Å². The van der Waals surface area contributed by atoms with Gasteiger partial charge in [0.1, 0.15) is 36.6 Å². The highest BCUT2D eigenvalue weighted by molar-refractivity contribution is 5.73. The van der Waals surface area contributed by atoms with Crippen LogP contribution in [0.2, 0.25) is 0 Å². The van der Waals surface area contributed by atoms with Crippen molar-refractivity contribution in [2.45, 2.75) is 42.7 Å². The van der Waals surface area contributed by atoms with Crippen molar-refractivity contribution in [3.63, 3.8) is 0 Å². The lowest BCUT2D eigenvalue weighted by Crippen LogP contribution is -2.48. The number of aliphatic hydroxyl groups is 8. The molecule has 0 aliphatic rings. The number of hydrogen-bond donors (Lipinski definition) is 9. The summed E-state index contributed by atoms with van der Waals surface area (Å²) < 4.78 is 0. The summed E-state index contributed by atoms with van der Waals surface area (Å²) in [5.74, 6) is -1.76. The van der Waals surface area contributed by atoms with E-state index < -0.39 is 55.3 Å². The van der Waals surface area contributed by atoms with Crippen LogP contribution in [0.15, 0.2) is 0 Å². The minimum atomic E-state index is -2.25. The number of carboxylic acid groups (broad SMARTS) is 1. The van der Waals surface area contributed by atoms with Crippen molar-refractivity contribution in [3.8, 4) is 0 Å². The molecule has 0 saturated heterocycles. The molecular formula is C11H20O12.